The molecule has 1 aromatic carbocycles. The van der Waals surface area contributed by atoms with E-state index in [1.807, 2.05) is 6.92 Å². The second-order valence-corrected chi connectivity index (χ2v) is 9.01. The van der Waals surface area contributed by atoms with E-state index in [4.69, 9.17) is 14.2 Å². The lowest BCUT2D eigenvalue weighted by Gasteiger charge is -2.52. The average Bonchev–Trinajstić information content (AvgIpc) is 2.57. The summed E-state index contributed by atoms with van der Waals surface area (Å²) in [5.41, 5.74) is 0.634. The second-order valence-electron chi connectivity index (χ2n) is 7.10. The van der Waals surface area contributed by atoms with E-state index < -0.39 is 10.0 Å². The SMILES string of the molecule is COCCC1CCOC2(C1)CN(S(=O)(=O)c1ccc(C)cc1OC)C2. The topological polar surface area (TPSA) is 65.1 Å². The summed E-state index contributed by atoms with van der Waals surface area (Å²) in [5, 5.41) is 0. The number of benzene rings is 1. The van der Waals surface area contributed by atoms with Crippen LogP contribution < -0.4 is 4.74 Å². The average molecular weight is 369 g/mol. The van der Waals surface area contributed by atoms with Crippen molar-refractivity contribution in [3.05, 3.63) is 23.8 Å². The van der Waals surface area contributed by atoms with E-state index in [2.05, 4.69) is 0 Å². The van der Waals surface area contributed by atoms with Gasteiger partial charge in [0.25, 0.3) is 0 Å². The van der Waals surface area contributed by atoms with Crippen molar-refractivity contribution in [1.82, 2.24) is 4.31 Å². The van der Waals surface area contributed by atoms with Gasteiger partial charge in [-0.05, 0) is 49.8 Å². The smallest absolute Gasteiger partial charge is 0.246 e. The molecule has 1 unspecified atom stereocenters. The Morgan fingerprint density at radius 1 is 1.32 bits per heavy atom. The van der Waals surface area contributed by atoms with Gasteiger partial charge in [0.05, 0.1) is 12.7 Å². The molecule has 2 aliphatic heterocycles. The first-order chi connectivity index (χ1) is 11.9. The molecule has 2 saturated heterocycles. The van der Waals surface area contributed by atoms with Crippen LogP contribution in [0.3, 0.4) is 0 Å². The van der Waals surface area contributed by atoms with Crippen molar-refractivity contribution in [1.29, 1.82) is 0 Å². The predicted octanol–water partition coefficient (Wildman–Crippen LogP) is 2.21. The van der Waals surface area contributed by atoms with Gasteiger partial charge in [-0.25, -0.2) is 8.42 Å². The Kier molecular flexibility index (Phi) is 5.39. The Balaban J connectivity index is 1.71. The minimum absolute atomic E-state index is 0.224. The van der Waals surface area contributed by atoms with Gasteiger partial charge in [-0.2, -0.15) is 4.31 Å². The Morgan fingerprint density at radius 3 is 2.76 bits per heavy atom. The molecule has 2 aliphatic rings. The summed E-state index contributed by atoms with van der Waals surface area (Å²) in [6.07, 6.45) is 2.91. The lowest BCUT2D eigenvalue weighted by Crippen LogP contribution is -2.66. The molecule has 3 rings (SSSR count). The zero-order valence-corrected chi connectivity index (χ0v) is 16.0. The van der Waals surface area contributed by atoms with Crippen molar-refractivity contribution < 1.29 is 22.6 Å². The van der Waals surface area contributed by atoms with E-state index in [9.17, 15) is 8.42 Å². The molecule has 0 saturated carbocycles. The fourth-order valence-electron chi connectivity index (χ4n) is 3.77. The largest absolute Gasteiger partial charge is 0.495 e. The van der Waals surface area contributed by atoms with Gasteiger partial charge in [0, 0.05) is 33.4 Å². The third-order valence-electron chi connectivity index (χ3n) is 5.19. The maximum atomic E-state index is 13.0. The van der Waals surface area contributed by atoms with Gasteiger partial charge in [0.2, 0.25) is 10.0 Å². The van der Waals surface area contributed by atoms with E-state index in [1.54, 1.807) is 25.3 Å². The van der Waals surface area contributed by atoms with E-state index in [0.717, 1.165) is 31.4 Å². The lowest BCUT2D eigenvalue weighted by atomic mass is 9.80. The van der Waals surface area contributed by atoms with Crippen LogP contribution in [0, 0.1) is 12.8 Å². The number of hydrogen-bond acceptors (Lipinski definition) is 5. The van der Waals surface area contributed by atoms with E-state index in [-0.39, 0.29) is 10.5 Å². The highest BCUT2D eigenvalue weighted by Crippen LogP contribution is 2.41. The van der Waals surface area contributed by atoms with Gasteiger partial charge >= 0.3 is 0 Å². The van der Waals surface area contributed by atoms with Gasteiger partial charge in [-0.15, -0.1) is 0 Å². The molecular formula is C18H27NO5S. The van der Waals surface area contributed by atoms with Crippen molar-refractivity contribution in [2.45, 2.75) is 36.7 Å². The van der Waals surface area contributed by atoms with Crippen molar-refractivity contribution in [3.63, 3.8) is 0 Å². The number of aryl methyl sites for hydroxylation is 1. The molecule has 7 heteroatoms. The van der Waals surface area contributed by atoms with E-state index >= 15 is 0 Å². The molecule has 1 aromatic rings. The van der Waals surface area contributed by atoms with Crippen molar-refractivity contribution in [2.24, 2.45) is 5.92 Å². The predicted molar refractivity (Wildman–Crippen MR) is 94.4 cm³/mol. The van der Waals surface area contributed by atoms with Crippen LogP contribution >= 0.6 is 0 Å². The number of nitrogens with zero attached hydrogens (tertiary/aromatic N) is 1. The summed E-state index contributed by atoms with van der Waals surface area (Å²) >= 11 is 0. The first-order valence-corrected chi connectivity index (χ1v) is 10.1. The van der Waals surface area contributed by atoms with Crippen LogP contribution in [0.1, 0.15) is 24.8 Å². The van der Waals surface area contributed by atoms with Gasteiger partial charge in [0.15, 0.2) is 0 Å². The fourth-order valence-corrected chi connectivity index (χ4v) is 5.50. The summed E-state index contributed by atoms with van der Waals surface area (Å²) in [6.45, 7) is 4.17. The van der Waals surface area contributed by atoms with Gasteiger partial charge < -0.3 is 14.2 Å². The first-order valence-electron chi connectivity index (χ1n) is 8.68. The number of rotatable bonds is 6. The van der Waals surface area contributed by atoms with Crippen molar-refractivity contribution in [2.75, 3.05) is 40.5 Å². The molecular weight excluding hydrogens is 342 g/mol. The van der Waals surface area contributed by atoms with Crippen LogP contribution in [0.15, 0.2) is 23.1 Å². The number of methoxy groups -OCH3 is 2. The molecule has 2 heterocycles. The molecule has 0 radical (unpaired) electrons. The zero-order chi connectivity index (χ0) is 18.1. The van der Waals surface area contributed by atoms with Crippen LogP contribution in [-0.4, -0.2) is 58.8 Å². The van der Waals surface area contributed by atoms with Gasteiger partial charge in [-0.1, -0.05) is 6.07 Å². The number of hydrogen-bond donors (Lipinski definition) is 0. The highest BCUT2D eigenvalue weighted by molar-refractivity contribution is 7.89. The van der Waals surface area contributed by atoms with E-state index in [0.29, 0.717) is 31.4 Å². The molecule has 0 bridgehead atoms. The second kappa shape index (κ2) is 7.23. The molecule has 0 amide bonds. The third-order valence-corrected chi connectivity index (χ3v) is 7.02. The first kappa shape index (κ1) is 18.6. The van der Waals surface area contributed by atoms with Crippen molar-refractivity contribution >= 4 is 10.0 Å². The zero-order valence-electron chi connectivity index (χ0n) is 15.2. The summed E-state index contributed by atoms with van der Waals surface area (Å²) in [7, 11) is -0.362. The van der Waals surface area contributed by atoms with Crippen LogP contribution in [-0.2, 0) is 19.5 Å². The van der Waals surface area contributed by atoms with Crippen LogP contribution in [0.5, 0.6) is 5.75 Å². The molecule has 1 atom stereocenters. The van der Waals surface area contributed by atoms with Crippen LogP contribution in [0.25, 0.3) is 0 Å². The Bertz CT molecular complexity index is 712. The highest BCUT2D eigenvalue weighted by atomic mass is 32.2. The minimum Gasteiger partial charge on any atom is -0.495 e. The van der Waals surface area contributed by atoms with Gasteiger partial charge in [0.1, 0.15) is 10.6 Å². The molecule has 25 heavy (non-hydrogen) atoms. The fraction of sp³-hybridized carbons (Fsp3) is 0.667. The number of sulfonamides is 1. The maximum absolute atomic E-state index is 13.0. The third kappa shape index (κ3) is 3.69. The maximum Gasteiger partial charge on any atom is 0.246 e. The summed E-state index contributed by atoms with van der Waals surface area (Å²) in [5.74, 6) is 0.927. The van der Waals surface area contributed by atoms with Crippen molar-refractivity contribution in [3.8, 4) is 5.75 Å². The monoisotopic (exact) mass is 369 g/mol. The summed E-state index contributed by atoms with van der Waals surface area (Å²) < 4.78 is 43.8. The standard InChI is InChI=1S/C18H27NO5S/c1-14-4-5-17(16(10-14)23-3)25(20,21)19-12-18(13-19)11-15(6-8-22-2)7-9-24-18/h4-5,10,15H,6-9,11-13H2,1-3H3. The molecule has 0 aromatic heterocycles. The molecule has 140 valence electrons. The summed E-state index contributed by atoms with van der Waals surface area (Å²) in [6, 6.07) is 5.17. The minimum atomic E-state index is -3.57. The molecule has 1 spiro atoms. The molecule has 2 fully saturated rings. The molecule has 6 nitrogen and oxygen atoms in total. The normalized spacial score (nSPS) is 23.4. The Labute approximate surface area is 150 Å². The molecule has 0 aliphatic carbocycles. The number of ether oxygens (including phenoxy) is 3. The Hall–Kier alpha value is -1.15. The summed E-state index contributed by atoms with van der Waals surface area (Å²) in [4.78, 5) is 0.224. The van der Waals surface area contributed by atoms with Crippen LogP contribution in [0.2, 0.25) is 0 Å². The Morgan fingerprint density at radius 2 is 2.08 bits per heavy atom. The van der Waals surface area contributed by atoms with Gasteiger partial charge in [-0.3, -0.25) is 0 Å². The highest BCUT2D eigenvalue weighted by Gasteiger charge is 2.52. The van der Waals surface area contributed by atoms with Crippen LogP contribution in [0.4, 0.5) is 0 Å². The van der Waals surface area contributed by atoms with E-state index in [1.165, 1.54) is 11.4 Å². The quantitative estimate of drug-likeness (QED) is 0.769. The lowest BCUT2D eigenvalue weighted by molar-refractivity contribution is -0.157. The molecule has 0 N–H and O–H groups in total.